The van der Waals surface area contributed by atoms with E-state index in [1.54, 1.807) is 19.1 Å². The monoisotopic (exact) mass is 518 g/mol. The number of Topliss-reactive ketones (excluding diaryl/α,β-unsaturated/α-hetero) is 1. The van der Waals surface area contributed by atoms with E-state index in [4.69, 9.17) is 4.74 Å². The number of amides is 1. The standard InChI is InChI=1S/C24H30N4O5S2/c1-4-5-20-21(14-25)24(26-16(2)23(20)17(3)29)34-15-22(30)27-18-6-8-19(9-7-18)35(31,32)28-10-12-33-13-11-28/h6-9,20,26H,4-5,10-13,15H2,1-3H3,(H,27,30). The van der Waals surface area contributed by atoms with Crippen molar-refractivity contribution >= 4 is 39.2 Å². The minimum Gasteiger partial charge on any atom is -0.379 e. The average molecular weight is 519 g/mol. The van der Waals surface area contributed by atoms with Crippen molar-refractivity contribution in [3.63, 3.8) is 0 Å². The van der Waals surface area contributed by atoms with Gasteiger partial charge in [0.2, 0.25) is 15.9 Å². The van der Waals surface area contributed by atoms with Crippen LogP contribution in [0.25, 0.3) is 0 Å². The SMILES string of the molecule is CCCC1C(C#N)=C(SCC(=O)Nc2ccc(S(=O)(=O)N3CCOCC3)cc2)NC(C)=C1C(C)=O. The molecule has 9 nitrogen and oxygen atoms in total. The fourth-order valence-corrected chi connectivity index (χ4v) is 6.50. The molecular formula is C24H30N4O5S2. The van der Waals surface area contributed by atoms with Crippen LogP contribution < -0.4 is 10.6 Å². The van der Waals surface area contributed by atoms with Crippen molar-refractivity contribution in [2.75, 3.05) is 37.4 Å². The molecule has 1 aromatic rings. The molecule has 1 aromatic carbocycles. The quantitative estimate of drug-likeness (QED) is 0.511. The Morgan fingerprint density at radius 2 is 1.91 bits per heavy atom. The van der Waals surface area contributed by atoms with Gasteiger partial charge in [-0.25, -0.2) is 8.42 Å². The summed E-state index contributed by atoms with van der Waals surface area (Å²) >= 11 is 1.20. The van der Waals surface area contributed by atoms with Crippen LogP contribution in [0.1, 0.15) is 33.6 Å². The largest absolute Gasteiger partial charge is 0.379 e. The number of thioether (sulfide) groups is 1. The molecule has 188 valence electrons. The number of dihydropyridines is 1. The highest BCUT2D eigenvalue weighted by Crippen LogP contribution is 2.36. The molecule has 0 aliphatic carbocycles. The molecule has 0 saturated carbocycles. The van der Waals surface area contributed by atoms with E-state index in [0.717, 1.165) is 6.42 Å². The van der Waals surface area contributed by atoms with Crippen molar-refractivity contribution < 1.29 is 22.7 Å². The van der Waals surface area contributed by atoms with Crippen molar-refractivity contribution in [3.8, 4) is 6.07 Å². The van der Waals surface area contributed by atoms with Gasteiger partial charge in [-0.15, -0.1) is 0 Å². The second kappa shape index (κ2) is 11.9. The Morgan fingerprint density at radius 3 is 2.49 bits per heavy atom. The molecule has 0 radical (unpaired) electrons. The predicted octanol–water partition coefficient (Wildman–Crippen LogP) is 3.00. The molecule has 0 aromatic heterocycles. The van der Waals surface area contributed by atoms with Gasteiger partial charge in [0.1, 0.15) is 0 Å². The number of sulfonamides is 1. The fourth-order valence-electron chi connectivity index (χ4n) is 4.18. The van der Waals surface area contributed by atoms with Crippen molar-refractivity contribution in [2.24, 2.45) is 5.92 Å². The molecular weight excluding hydrogens is 488 g/mol. The highest BCUT2D eigenvalue weighted by atomic mass is 32.2. The van der Waals surface area contributed by atoms with Gasteiger partial charge in [-0.3, -0.25) is 9.59 Å². The van der Waals surface area contributed by atoms with Crippen LogP contribution in [0.15, 0.2) is 51.0 Å². The molecule has 1 unspecified atom stereocenters. The Balaban J connectivity index is 1.65. The number of allylic oxidation sites excluding steroid dienone is 3. The molecule has 0 bridgehead atoms. The third-order valence-corrected chi connectivity index (χ3v) is 8.75. The van der Waals surface area contributed by atoms with Crippen LogP contribution in [0.5, 0.6) is 0 Å². The van der Waals surface area contributed by atoms with Gasteiger partial charge in [0.15, 0.2) is 5.78 Å². The highest BCUT2D eigenvalue weighted by Gasteiger charge is 2.31. The molecule has 2 aliphatic heterocycles. The van der Waals surface area contributed by atoms with Gasteiger partial charge in [0, 0.05) is 36.0 Å². The Bertz CT molecular complexity index is 1180. The lowest BCUT2D eigenvalue weighted by molar-refractivity contribution is -0.114. The van der Waals surface area contributed by atoms with Crippen LogP contribution in [0.3, 0.4) is 0 Å². The number of carbonyl (C=O) groups is 2. The van der Waals surface area contributed by atoms with Gasteiger partial charge in [-0.1, -0.05) is 25.1 Å². The third kappa shape index (κ3) is 6.32. The minimum atomic E-state index is -3.60. The summed E-state index contributed by atoms with van der Waals surface area (Å²) in [6, 6.07) is 8.27. The van der Waals surface area contributed by atoms with Crippen molar-refractivity contribution in [1.29, 1.82) is 5.26 Å². The zero-order chi connectivity index (χ0) is 25.6. The first-order chi connectivity index (χ1) is 16.7. The number of nitrogens with zero attached hydrogens (tertiary/aromatic N) is 2. The summed E-state index contributed by atoms with van der Waals surface area (Å²) in [4.78, 5) is 24.9. The number of nitriles is 1. The summed E-state index contributed by atoms with van der Waals surface area (Å²) < 4.78 is 32.1. The van der Waals surface area contributed by atoms with Gasteiger partial charge in [-0.2, -0.15) is 9.57 Å². The second-order valence-corrected chi connectivity index (χ2v) is 11.2. The molecule has 2 aliphatic rings. The summed E-state index contributed by atoms with van der Waals surface area (Å²) in [7, 11) is -3.60. The molecule has 2 N–H and O–H groups in total. The number of benzene rings is 1. The zero-order valence-corrected chi connectivity index (χ0v) is 21.7. The Hall–Kier alpha value is -2.65. The number of carbonyl (C=O) groups excluding carboxylic acids is 2. The summed E-state index contributed by atoms with van der Waals surface area (Å²) in [6.45, 7) is 6.68. The van der Waals surface area contributed by atoms with E-state index < -0.39 is 10.0 Å². The van der Waals surface area contributed by atoms with E-state index in [0.29, 0.717) is 60.3 Å². The average Bonchev–Trinajstić information content (AvgIpc) is 2.83. The van der Waals surface area contributed by atoms with Gasteiger partial charge in [-0.05, 0) is 44.5 Å². The van der Waals surface area contributed by atoms with Crippen LogP contribution >= 0.6 is 11.8 Å². The molecule has 11 heteroatoms. The third-order valence-electron chi connectivity index (χ3n) is 5.82. The van der Waals surface area contributed by atoms with Gasteiger partial charge < -0.3 is 15.4 Å². The number of anilines is 1. The van der Waals surface area contributed by atoms with Gasteiger partial charge in [0.05, 0.1) is 40.5 Å². The minimum absolute atomic E-state index is 0.0445. The number of hydrogen-bond acceptors (Lipinski definition) is 8. The maximum absolute atomic E-state index is 12.7. The van der Waals surface area contributed by atoms with E-state index >= 15 is 0 Å². The molecule has 1 saturated heterocycles. The lowest BCUT2D eigenvalue weighted by Gasteiger charge is -2.28. The zero-order valence-electron chi connectivity index (χ0n) is 20.1. The molecule has 0 spiro atoms. The van der Waals surface area contributed by atoms with E-state index in [-0.39, 0.29) is 28.3 Å². The Morgan fingerprint density at radius 1 is 1.26 bits per heavy atom. The van der Waals surface area contributed by atoms with Crippen molar-refractivity contribution in [1.82, 2.24) is 9.62 Å². The van der Waals surface area contributed by atoms with Crippen LogP contribution in [0.4, 0.5) is 5.69 Å². The molecule has 35 heavy (non-hydrogen) atoms. The van der Waals surface area contributed by atoms with Crippen molar-refractivity contribution in [2.45, 2.75) is 38.5 Å². The van der Waals surface area contributed by atoms with Gasteiger partial charge in [0.25, 0.3) is 0 Å². The summed E-state index contributed by atoms with van der Waals surface area (Å²) in [5, 5.41) is 16.2. The molecule has 1 amide bonds. The molecule has 3 rings (SSSR count). The number of ketones is 1. The number of hydrogen-bond donors (Lipinski definition) is 2. The van der Waals surface area contributed by atoms with E-state index in [9.17, 15) is 23.3 Å². The summed E-state index contributed by atoms with van der Waals surface area (Å²) in [6.07, 6.45) is 1.49. The predicted molar refractivity (Wildman–Crippen MR) is 135 cm³/mol. The number of rotatable bonds is 9. The maximum Gasteiger partial charge on any atom is 0.243 e. The summed E-state index contributed by atoms with van der Waals surface area (Å²) in [5.74, 6) is -0.600. The summed E-state index contributed by atoms with van der Waals surface area (Å²) in [5.41, 5.74) is 2.26. The van der Waals surface area contributed by atoms with Crippen LogP contribution in [-0.4, -0.2) is 56.5 Å². The maximum atomic E-state index is 12.7. The van der Waals surface area contributed by atoms with E-state index in [2.05, 4.69) is 16.7 Å². The van der Waals surface area contributed by atoms with E-state index in [1.165, 1.54) is 35.1 Å². The molecule has 1 fully saturated rings. The smallest absolute Gasteiger partial charge is 0.243 e. The number of ether oxygens (including phenoxy) is 1. The van der Waals surface area contributed by atoms with Crippen LogP contribution in [-0.2, 0) is 24.3 Å². The van der Waals surface area contributed by atoms with E-state index in [1.807, 2.05) is 6.92 Å². The highest BCUT2D eigenvalue weighted by molar-refractivity contribution is 8.03. The second-order valence-electron chi connectivity index (χ2n) is 8.29. The molecule has 2 heterocycles. The van der Waals surface area contributed by atoms with Crippen LogP contribution in [0.2, 0.25) is 0 Å². The van der Waals surface area contributed by atoms with Crippen LogP contribution in [0, 0.1) is 17.2 Å². The molecule has 1 atom stereocenters. The topological polar surface area (TPSA) is 129 Å². The van der Waals surface area contributed by atoms with Crippen molar-refractivity contribution in [3.05, 3.63) is 46.1 Å². The first-order valence-electron chi connectivity index (χ1n) is 11.4. The number of nitrogens with one attached hydrogen (secondary N) is 2. The fraction of sp³-hybridized carbons (Fsp3) is 0.458. The number of morpholine rings is 1. The first kappa shape index (κ1) is 26.9. The lowest BCUT2D eigenvalue weighted by atomic mass is 9.83. The lowest BCUT2D eigenvalue weighted by Crippen LogP contribution is -2.40. The normalized spacial score (nSPS) is 19.2. The Kier molecular flexibility index (Phi) is 9.13. The van der Waals surface area contributed by atoms with Gasteiger partial charge >= 0.3 is 0 Å². The first-order valence-corrected chi connectivity index (χ1v) is 13.8. The Labute approximate surface area is 210 Å².